The lowest BCUT2D eigenvalue weighted by atomic mass is 10.0. The zero-order valence-electron chi connectivity index (χ0n) is 10.5. The van der Waals surface area contributed by atoms with Gasteiger partial charge in [0.25, 0.3) is 0 Å². The van der Waals surface area contributed by atoms with E-state index in [0.29, 0.717) is 15.5 Å². The van der Waals surface area contributed by atoms with Crippen molar-refractivity contribution in [1.29, 1.82) is 0 Å². The van der Waals surface area contributed by atoms with E-state index < -0.39 is 17.8 Å². The zero-order chi connectivity index (χ0) is 14.9. The maximum Gasteiger partial charge on any atom is 0.416 e. The SMILES string of the molecule is Cc1csc(C(O)Cc2cccc(C(F)(F)F)c2)c1Cl. The molecule has 1 heterocycles. The summed E-state index contributed by atoms with van der Waals surface area (Å²) in [7, 11) is 0. The smallest absolute Gasteiger partial charge is 0.387 e. The number of benzene rings is 1. The van der Waals surface area contributed by atoms with Gasteiger partial charge in [-0.15, -0.1) is 11.3 Å². The molecule has 0 aliphatic rings. The Balaban J connectivity index is 2.20. The van der Waals surface area contributed by atoms with E-state index in [1.54, 1.807) is 6.07 Å². The molecule has 0 saturated carbocycles. The van der Waals surface area contributed by atoms with Crippen LogP contribution in [0, 0.1) is 6.92 Å². The molecule has 2 aromatic rings. The van der Waals surface area contributed by atoms with Gasteiger partial charge in [0.2, 0.25) is 0 Å². The first-order chi connectivity index (χ1) is 9.29. The van der Waals surface area contributed by atoms with Crippen LogP contribution in [-0.4, -0.2) is 5.11 Å². The Morgan fingerprint density at radius 3 is 2.60 bits per heavy atom. The third-order valence-corrected chi connectivity index (χ3v) is 4.73. The fraction of sp³-hybridized carbons (Fsp3) is 0.286. The van der Waals surface area contributed by atoms with Crippen LogP contribution in [0.5, 0.6) is 0 Å². The summed E-state index contributed by atoms with van der Waals surface area (Å²) >= 11 is 7.35. The van der Waals surface area contributed by atoms with Gasteiger partial charge in [0, 0.05) is 6.42 Å². The molecule has 1 N–H and O–H groups in total. The first-order valence-electron chi connectivity index (χ1n) is 5.86. The maximum absolute atomic E-state index is 12.6. The van der Waals surface area contributed by atoms with Crippen LogP contribution in [0.2, 0.25) is 5.02 Å². The maximum atomic E-state index is 12.6. The summed E-state index contributed by atoms with van der Waals surface area (Å²) in [5.41, 5.74) is 0.569. The highest BCUT2D eigenvalue weighted by molar-refractivity contribution is 7.10. The molecule has 0 spiro atoms. The van der Waals surface area contributed by atoms with Crippen molar-refractivity contribution in [3.05, 3.63) is 56.2 Å². The lowest BCUT2D eigenvalue weighted by Crippen LogP contribution is -2.07. The van der Waals surface area contributed by atoms with Gasteiger partial charge in [-0.1, -0.05) is 29.8 Å². The Hall–Kier alpha value is -1.04. The zero-order valence-corrected chi connectivity index (χ0v) is 12.1. The van der Waals surface area contributed by atoms with Gasteiger partial charge in [-0.05, 0) is 29.5 Å². The molecule has 0 radical (unpaired) electrons. The van der Waals surface area contributed by atoms with Crippen molar-refractivity contribution in [3.63, 3.8) is 0 Å². The average molecular weight is 321 g/mol. The molecule has 0 amide bonds. The van der Waals surface area contributed by atoms with Crippen molar-refractivity contribution in [2.75, 3.05) is 0 Å². The summed E-state index contributed by atoms with van der Waals surface area (Å²) in [6, 6.07) is 4.97. The minimum absolute atomic E-state index is 0.101. The number of halogens is 4. The highest BCUT2D eigenvalue weighted by Gasteiger charge is 2.30. The normalized spacial score (nSPS) is 13.5. The molecule has 1 unspecified atom stereocenters. The van der Waals surface area contributed by atoms with E-state index >= 15 is 0 Å². The van der Waals surface area contributed by atoms with Gasteiger partial charge >= 0.3 is 6.18 Å². The van der Waals surface area contributed by atoms with Crippen LogP contribution in [0.25, 0.3) is 0 Å². The summed E-state index contributed by atoms with van der Waals surface area (Å²) in [6.07, 6.45) is -5.17. The first-order valence-corrected chi connectivity index (χ1v) is 7.12. The first kappa shape index (κ1) is 15.4. The quantitative estimate of drug-likeness (QED) is 0.843. The molecule has 0 saturated heterocycles. The van der Waals surface area contributed by atoms with Crippen LogP contribution < -0.4 is 0 Å². The fourth-order valence-electron chi connectivity index (χ4n) is 1.87. The molecule has 108 valence electrons. The number of hydrogen-bond donors (Lipinski definition) is 1. The molecule has 0 fully saturated rings. The van der Waals surface area contributed by atoms with E-state index in [0.717, 1.165) is 17.7 Å². The number of aliphatic hydroxyl groups excluding tert-OH is 1. The second-order valence-electron chi connectivity index (χ2n) is 4.52. The van der Waals surface area contributed by atoms with E-state index in [1.807, 2.05) is 12.3 Å². The van der Waals surface area contributed by atoms with Crippen molar-refractivity contribution in [1.82, 2.24) is 0 Å². The molecule has 0 bridgehead atoms. The average Bonchev–Trinajstić information content (AvgIpc) is 2.69. The number of aryl methyl sites for hydroxylation is 1. The second kappa shape index (κ2) is 5.76. The van der Waals surface area contributed by atoms with Crippen molar-refractivity contribution in [2.45, 2.75) is 25.6 Å². The minimum atomic E-state index is -4.38. The monoisotopic (exact) mass is 320 g/mol. The van der Waals surface area contributed by atoms with Gasteiger partial charge in [-0.3, -0.25) is 0 Å². The van der Waals surface area contributed by atoms with Crippen LogP contribution in [-0.2, 0) is 12.6 Å². The Morgan fingerprint density at radius 2 is 2.05 bits per heavy atom. The van der Waals surface area contributed by atoms with Crippen molar-refractivity contribution < 1.29 is 18.3 Å². The number of rotatable bonds is 3. The highest BCUT2D eigenvalue weighted by atomic mass is 35.5. The summed E-state index contributed by atoms with van der Waals surface area (Å²) in [5, 5.41) is 12.4. The molecule has 0 aliphatic heterocycles. The molecule has 1 nitrogen and oxygen atoms in total. The van der Waals surface area contributed by atoms with Crippen LogP contribution in [0.3, 0.4) is 0 Å². The molecule has 1 aromatic carbocycles. The summed E-state index contributed by atoms with van der Waals surface area (Å²) in [6.45, 7) is 1.82. The topological polar surface area (TPSA) is 20.2 Å². The fourth-order valence-corrected chi connectivity index (χ4v) is 3.17. The van der Waals surface area contributed by atoms with E-state index in [4.69, 9.17) is 11.6 Å². The standard InChI is InChI=1S/C14H12ClF3OS/c1-8-7-20-13(12(8)15)11(19)6-9-3-2-4-10(5-9)14(16,17)18/h2-5,7,11,19H,6H2,1H3. The third kappa shape index (κ3) is 3.34. The van der Waals surface area contributed by atoms with Crippen LogP contribution in [0.1, 0.15) is 27.7 Å². The summed E-state index contributed by atoms with van der Waals surface area (Å²) < 4.78 is 37.8. The Bertz CT molecular complexity index is 607. The molecular formula is C14H12ClF3OS. The van der Waals surface area contributed by atoms with Gasteiger partial charge in [0.1, 0.15) is 0 Å². The summed E-state index contributed by atoms with van der Waals surface area (Å²) in [4.78, 5) is 0.585. The molecule has 6 heteroatoms. The van der Waals surface area contributed by atoms with Crippen LogP contribution in [0.15, 0.2) is 29.6 Å². The van der Waals surface area contributed by atoms with Crippen LogP contribution >= 0.6 is 22.9 Å². The molecule has 1 aromatic heterocycles. The van der Waals surface area contributed by atoms with Crippen LogP contribution in [0.4, 0.5) is 13.2 Å². The van der Waals surface area contributed by atoms with Gasteiger partial charge in [0.15, 0.2) is 0 Å². The van der Waals surface area contributed by atoms with E-state index in [-0.39, 0.29) is 6.42 Å². The second-order valence-corrected chi connectivity index (χ2v) is 5.80. The predicted molar refractivity (Wildman–Crippen MR) is 74.2 cm³/mol. The van der Waals surface area contributed by atoms with Crippen molar-refractivity contribution in [3.8, 4) is 0 Å². The number of alkyl halides is 3. The Labute approximate surface area is 123 Å². The number of hydrogen-bond acceptors (Lipinski definition) is 2. The number of thiophene rings is 1. The van der Waals surface area contributed by atoms with E-state index in [2.05, 4.69) is 0 Å². The summed E-state index contributed by atoms with van der Waals surface area (Å²) in [5.74, 6) is 0. The lowest BCUT2D eigenvalue weighted by molar-refractivity contribution is -0.137. The largest absolute Gasteiger partial charge is 0.416 e. The van der Waals surface area contributed by atoms with Gasteiger partial charge in [-0.2, -0.15) is 13.2 Å². The molecule has 20 heavy (non-hydrogen) atoms. The van der Waals surface area contributed by atoms with E-state index in [9.17, 15) is 18.3 Å². The predicted octanol–water partition coefficient (Wildman–Crippen LogP) is 5.00. The molecule has 0 aliphatic carbocycles. The van der Waals surface area contributed by atoms with Gasteiger partial charge in [0.05, 0.1) is 21.6 Å². The Morgan fingerprint density at radius 1 is 1.35 bits per heavy atom. The molecular weight excluding hydrogens is 309 g/mol. The van der Waals surface area contributed by atoms with Gasteiger partial charge < -0.3 is 5.11 Å². The highest BCUT2D eigenvalue weighted by Crippen LogP contribution is 2.35. The molecule has 1 atom stereocenters. The minimum Gasteiger partial charge on any atom is -0.387 e. The third-order valence-electron chi connectivity index (χ3n) is 2.91. The number of aliphatic hydroxyl groups is 1. The molecule has 2 rings (SSSR count). The Kier molecular flexibility index (Phi) is 4.42. The lowest BCUT2D eigenvalue weighted by Gasteiger charge is -2.12. The van der Waals surface area contributed by atoms with Gasteiger partial charge in [-0.25, -0.2) is 0 Å². The van der Waals surface area contributed by atoms with Crippen molar-refractivity contribution in [2.24, 2.45) is 0 Å². The van der Waals surface area contributed by atoms with E-state index in [1.165, 1.54) is 17.4 Å². The van der Waals surface area contributed by atoms with Crippen molar-refractivity contribution >= 4 is 22.9 Å².